The first kappa shape index (κ1) is 18.5. The van der Waals surface area contributed by atoms with E-state index in [2.05, 4.69) is 58.7 Å². The Labute approximate surface area is 177 Å². The Kier molecular flexibility index (Phi) is 5.31. The van der Waals surface area contributed by atoms with E-state index in [1.165, 1.54) is 8.96 Å². The van der Waals surface area contributed by atoms with Gasteiger partial charge in [0, 0.05) is 14.7 Å². The zero-order valence-corrected chi connectivity index (χ0v) is 17.5. The molecule has 0 fully saturated rings. The van der Waals surface area contributed by atoms with Gasteiger partial charge in [0.05, 0.1) is 12.2 Å². The molecule has 0 saturated carbocycles. The highest BCUT2D eigenvalue weighted by Crippen LogP contribution is 2.25. The average Bonchev–Trinajstić information content (AvgIpc) is 2.73. The molecule has 0 N–H and O–H groups in total. The largest absolute Gasteiger partial charge is 0.462 e. The highest BCUT2D eigenvalue weighted by Gasteiger charge is 2.12. The summed E-state index contributed by atoms with van der Waals surface area (Å²) in [5.41, 5.74) is 2.46. The van der Waals surface area contributed by atoms with E-state index in [0.717, 1.165) is 27.3 Å². The van der Waals surface area contributed by atoms with Gasteiger partial charge in [0.1, 0.15) is 0 Å². The van der Waals surface area contributed by atoms with Crippen LogP contribution in [0, 0.1) is 15.4 Å². The third kappa shape index (κ3) is 3.48. The standard InChI is InChI=1S/C25H17IO2/c1-2-28-25(27)23-15-13-17(19-7-3-5-9-21(19)23)11-12-18-14-16-24(26)22-10-6-4-8-20(18)22/h3-10,13-16H,2H2,1H3. The normalized spacial score (nSPS) is 10.5. The fourth-order valence-electron chi connectivity index (χ4n) is 3.30. The van der Waals surface area contributed by atoms with Crippen LogP contribution in [0.3, 0.4) is 0 Å². The summed E-state index contributed by atoms with van der Waals surface area (Å²) in [6.07, 6.45) is 0. The van der Waals surface area contributed by atoms with E-state index in [4.69, 9.17) is 4.74 Å². The molecule has 0 radical (unpaired) electrons. The van der Waals surface area contributed by atoms with E-state index in [1.807, 2.05) is 49.4 Å². The molecule has 3 heteroatoms. The monoisotopic (exact) mass is 476 g/mol. The lowest BCUT2D eigenvalue weighted by molar-refractivity contribution is 0.0528. The maximum Gasteiger partial charge on any atom is 0.338 e. The molecule has 0 aliphatic heterocycles. The molecule has 2 nitrogen and oxygen atoms in total. The van der Waals surface area contributed by atoms with Gasteiger partial charge in [-0.15, -0.1) is 0 Å². The van der Waals surface area contributed by atoms with Crippen molar-refractivity contribution in [3.63, 3.8) is 0 Å². The Hall–Kier alpha value is -2.84. The van der Waals surface area contributed by atoms with Crippen molar-refractivity contribution in [3.8, 4) is 11.8 Å². The van der Waals surface area contributed by atoms with Crippen molar-refractivity contribution < 1.29 is 9.53 Å². The fraction of sp³-hybridized carbons (Fsp3) is 0.0800. The predicted octanol–water partition coefficient (Wildman–Crippen LogP) is 6.17. The van der Waals surface area contributed by atoms with Gasteiger partial charge < -0.3 is 4.74 Å². The van der Waals surface area contributed by atoms with Crippen LogP contribution in [-0.2, 0) is 4.74 Å². The Morgan fingerprint density at radius 3 is 1.96 bits per heavy atom. The van der Waals surface area contributed by atoms with Crippen LogP contribution in [-0.4, -0.2) is 12.6 Å². The molecule has 4 aromatic carbocycles. The third-order valence-electron chi connectivity index (χ3n) is 4.62. The zero-order valence-electron chi connectivity index (χ0n) is 15.3. The lowest BCUT2D eigenvalue weighted by Gasteiger charge is -2.08. The second-order valence-corrected chi connectivity index (χ2v) is 7.48. The van der Waals surface area contributed by atoms with Crippen molar-refractivity contribution in [2.75, 3.05) is 6.61 Å². The van der Waals surface area contributed by atoms with Crippen molar-refractivity contribution in [1.29, 1.82) is 0 Å². The molecule has 0 spiro atoms. The zero-order chi connectivity index (χ0) is 19.5. The maximum atomic E-state index is 12.3. The molecule has 4 rings (SSSR count). The molecular formula is C25H17IO2. The van der Waals surface area contributed by atoms with Crippen molar-refractivity contribution in [1.82, 2.24) is 0 Å². The second-order valence-electron chi connectivity index (χ2n) is 6.32. The summed E-state index contributed by atoms with van der Waals surface area (Å²) in [4.78, 5) is 12.3. The summed E-state index contributed by atoms with van der Waals surface area (Å²) in [5, 5.41) is 4.17. The van der Waals surface area contributed by atoms with Crippen LogP contribution in [0.25, 0.3) is 21.5 Å². The summed E-state index contributed by atoms with van der Waals surface area (Å²) < 4.78 is 6.40. The highest BCUT2D eigenvalue weighted by molar-refractivity contribution is 14.1. The smallest absolute Gasteiger partial charge is 0.338 e. The second kappa shape index (κ2) is 8.04. The number of carbonyl (C=O) groups is 1. The number of carbonyl (C=O) groups excluding carboxylic acids is 1. The number of esters is 1. The minimum Gasteiger partial charge on any atom is -0.462 e. The first-order valence-electron chi connectivity index (χ1n) is 9.07. The summed E-state index contributed by atoms with van der Waals surface area (Å²) >= 11 is 2.35. The number of rotatable bonds is 2. The van der Waals surface area contributed by atoms with E-state index in [0.29, 0.717) is 12.2 Å². The van der Waals surface area contributed by atoms with Gasteiger partial charge in [0.25, 0.3) is 0 Å². The third-order valence-corrected chi connectivity index (χ3v) is 5.56. The molecule has 28 heavy (non-hydrogen) atoms. The quantitative estimate of drug-likeness (QED) is 0.196. The van der Waals surface area contributed by atoms with Gasteiger partial charge in [-0.1, -0.05) is 60.4 Å². The number of hydrogen-bond donors (Lipinski definition) is 0. The Bertz CT molecular complexity index is 1260. The van der Waals surface area contributed by atoms with Crippen LogP contribution in [0.1, 0.15) is 28.4 Å². The first-order valence-corrected chi connectivity index (χ1v) is 10.1. The van der Waals surface area contributed by atoms with E-state index in [-0.39, 0.29) is 5.97 Å². The minimum absolute atomic E-state index is 0.304. The summed E-state index contributed by atoms with van der Waals surface area (Å²) in [7, 11) is 0. The molecule has 0 atom stereocenters. The molecule has 4 aromatic rings. The minimum atomic E-state index is -0.304. The Morgan fingerprint density at radius 2 is 1.32 bits per heavy atom. The summed E-state index contributed by atoms with van der Waals surface area (Å²) in [6, 6.07) is 24.0. The molecule has 0 amide bonds. The molecule has 0 saturated heterocycles. The Balaban J connectivity index is 1.84. The van der Waals surface area contributed by atoms with Gasteiger partial charge in [-0.3, -0.25) is 0 Å². The average molecular weight is 476 g/mol. The van der Waals surface area contributed by atoms with Gasteiger partial charge in [0.15, 0.2) is 0 Å². The number of hydrogen-bond acceptors (Lipinski definition) is 2. The number of benzene rings is 4. The van der Waals surface area contributed by atoms with Gasteiger partial charge in [-0.05, 0) is 75.3 Å². The van der Waals surface area contributed by atoms with Gasteiger partial charge in [0.2, 0.25) is 0 Å². The lowest BCUT2D eigenvalue weighted by Crippen LogP contribution is -2.05. The van der Waals surface area contributed by atoms with Gasteiger partial charge >= 0.3 is 5.97 Å². The molecule has 0 bridgehead atoms. The molecule has 0 aromatic heterocycles. The van der Waals surface area contributed by atoms with Crippen molar-refractivity contribution in [2.24, 2.45) is 0 Å². The van der Waals surface area contributed by atoms with Gasteiger partial charge in [-0.25, -0.2) is 4.79 Å². The van der Waals surface area contributed by atoms with E-state index >= 15 is 0 Å². The summed E-state index contributed by atoms with van der Waals surface area (Å²) in [5.74, 6) is 6.33. The Morgan fingerprint density at radius 1 is 0.786 bits per heavy atom. The molecule has 0 unspecified atom stereocenters. The van der Waals surface area contributed by atoms with E-state index in [9.17, 15) is 4.79 Å². The fourth-order valence-corrected chi connectivity index (χ4v) is 3.95. The maximum absolute atomic E-state index is 12.3. The molecule has 0 aliphatic carbocycles. The van der Waals surface area contributed by atoms with Crippen LogP contribution in [0.4, 0.5) is 0 Å². The van der Waals surface area contributed by atoms with E-state index < -0.39 is 0 Å². The number of halogens is 1. The van der Waals surface area contributed by atoms with Crippen LogP contribution in [0.5, 0.6) is 0 Å². The molecule has 0 aliphatic rings. The van der Waals surface area contributed by atoms with Crippen LogP contribution in [0.2, 0.25) is 0 Å². The van der Waals surface area contributed by atoms with Crippen LogP contribution < -0.4 is 0 Å². The first-order chi connectivity index (χ1) is 13.7. The van der Waals surface area contributed by atoms with Crippen LogP contribution in [0.15, 0.2) is 72.8 Å². The van der Waals surface area contributed by atoms with Crippen molar-refractivity contribution in [3.05, 3.63) is 93.1 Å². The van der Waals surface area contributed by atoms with Crippen molar-refractivity contribution in [2.45, 2.75) is 6.92 Å². The summed E-state index contributed by atoms with van der Waals surface area (Å²) in [6.45, 7) is 2.17. The van der Waals surface area contributed by atoms with Crippen molar-refractivity contribution >= 4 is 50.1 Å². The number of ether oxygens (including phenoxy) is 1. The highest BCUT2D eigenvalue weighted by atomic mass is 127. The molecular weight excluding hydrogens is 459 g/mol. The van der Waals surface area contributed by atoms with Crippen LogP contribution >= 0.6 is 22.6 Å². The topological polar surface area (TPSA) is 26.3 Å². The molecule has 136 valence electrons. The molecule has 0 heterocycles. The number of fused-ring (bicyclic) bond motifs is 2. The van der Waals surface area contributed by atoms with E-state index in [1.54, 1.807) is 6.07 Å². The predicted molar refractivity (Wildman–Crippen MR) is 123 cm³/mol. The van der Waals surface area contributed by atoms with Gasteiger partial charge in [-0.2, -0.15) is 0 Å². The SMILES string of the molecule is CCOC(=O)c1ccc(C#Cc2ccc(I)c3ccccc23)c2ccccc12. The lowest BCUT2D eigenvalue weighted by atomic mass is 9.99.